The molecule has 0 unspecified atom stereocenters. The van der Waals surface area contributed by atoms with E-state index in [1.807, 2.05) is 29.5 Å². The van der Waals surface area contributed by atoms with Crippen molar-refractivity contribution in [2.24, 2.45) is 0 Å². The van der Waals surface area contributed by atoms with Gasteiger partial charge in [-0.15, -0.1) is 11.3 Å². The van der Waals surface area contributed by atoms with Crippen LogP contribution in [-0.2, 0) is 0 Å². The first-order valence-corrected chi connectivity index (χ1v) is 21.3. The molecule has 0 fully saturated rings. The SMILES string of the molecule is c1ccc(-c2nc(-c3cc4c(cc3-n3c5ccccc5c5cc6ccccc6cc53)sc3ccccc34)nc(-c3cccc4c3c3ccccc3n4-c3ccccc3)n2)cc1. The Labute approximate surface area is 354 Å². The summed E-state index contributed by atoms with van der Waals surface area (Å²) >= 11 is 1.82. The van der Waals surface area contributed by atoms with Crippen LogP contribution in [0.3, 0.4) is 0 Å². The molecule has 284 valence electrons. The lowest BCUT2D eigenvalue weighted by Crippen LogP contribution is -2.04. The van der Waals surface area contributed by atoms with Crippen molar-refractivity contribution >= 4 is 85.9 Å². The summed E-state index contributed by atoms with van der Waals surface area (Å²) in [6.07, 6.45) is 0. The van der Waals surface area contributed by atoms with Crippen LogP contribution in [-0.4, -0.2) is 24.1 Å². The van der Waals surface area contributed by atoms with Crippen LogP contribution in [0.4, 0.5) is 0 Å². The van der Waals surface area contributed by atoms with E-state index in [1.165, 1.54) is 41.7 Å². The van der Waals surface area contributed by atoms with Gasteiger partial charge in [-0.05, 0) is 71.4 Å². The fraction of sp³-hybridized carbons (Fsp3) is 0. The third kappa shape index (κ3) is 5.22. The lowest BCUT2D eigenvalue weighted by Gasteiger charge is -2.16. The lowest BCUT2D eigenvalue weighted by atomic mass is 10.0. The number of aromatic nitrogens is 5. The summed E-state index contributed by atoms with van der Waals surface area (Å²) in [5.74, 6) is 1.87. The van der Waals surface area contributed by atoms with Crippen molar-refractivity contribution < 1.29 is 0 Å². The van der Waals surface area contributed by atoms with Crippen LogP contribution < -0.4 is 0 Å². The molecular weight excluding hydrogens is 763 g/mol. The van der Waals surface area contributed by atoms with Crippen LogP contribution in [0.1, 0.15) is 0 Å². The summed E-state index contributed by atoms with van der Waals surface area (Å²) in [6.45, 7) is 0. The molecule has 6 heteroatoms. The van der Waals surface area contributed by atoms with Gasteiger partial charge in [-0.3, -0.25) is 0 Å². The van der Waals surface area contributed by atoms with E-state index < -0.39 is 0 Å². The highest BCUT2D eigenvalue weighted by molar-refractivity contribution is 7.25. The van der Waals surface area contributed by atoms with Gasteiger partial charge >= 0.3 is 0 Å². The lowest BCUT2D eigenvalue weighted by molar-refractivity contribution is 1.07. The quantitative estimate of drug-likeness (QED) is 0.174. The highest BCUT2D eigenvalue weighted by Crippen LogP contribution is 2.44. The molecular formula is C55H33N5S. The molecule has 4 heterocycles. The monoisotopic (exact) mass is 795 g/mol. The standard InChI is InChI=1S/C55H33N5S/c1-3-16-34(17-4-1)53-56-54(41-25-15-28-47-52(41)40-24-10-13-27-46(40)59(47)37-20-5-2-6-21-37)58-55(57-53)44-32-43-39-23-11-14-29-50(39)61-51(43)33-49(44)60-45-26-12-9-22-38(45)42-30-35-18-7-8-19-36(35)31-48(42)60/h1-33H. The van der Waals surface area contributed by atoms with Crippen LogP contribution >= 0.6 is 11.3 Å². The van der Waals surface area contributed by atoms with Gasteiger partial charge in [-0.25, -0.2) is 15.0 Å². The van der Waals surface area contributed by atoms with E-state index in [0.29, 0.717) is 17.5 Å². The molecule has 0 radical (unpaired) electrons. The highest BCUT2D eigenvalue weighted by atomic mass is 32.1. The van der Waals surface area contributed by atoms with Crippen molar-refractivity contribution in [2.45, 2.75) is 0 Å². The number of hydrogen-bond donors (Lipinski definition) is 0. The zero-order chi connectivity index (χ0) is 40.0. The summed E-state index contributed by atoms with van der Waals surface area (Å²) in [5.41, 5.74) is 9.44. The first kappa shape index (κ1) is 34.0. The average molecular weight is 796 g/mol. The number of nitrogens with zero attached hydrogens (tertiary/aromatic N) is 5. The van der Waals surface area contributed by atoms with E-state index in [2.05, 4.69) is 191 Å². The van der Waals surface area contributed by atoms with Gasteiger partial charge in [0.1, 0.15) is 0 Å². The highest BCUT2D eigenvalue weighted by Gasteiger charge is 2.24. The smallest absolute Gasteiger partial charge is 0.166 e. The Balaban J connectivity index is 1.15. The largest absolute Gasteiger partial charge is 0.309 e. The van der Waals surface area contributed by atoms with Crippen molar-refractivity contribution in [1.29, 1.82) is 0 Å². The molecule has 0 amide bonds. The predicted octanol–water partition coefficient (Wildman–Crippen LogP) is 14.6. The van der Waals surface area contributed by atoms with Crippen LogP contribution in [0.15, 0.2) is 200 Å². The van der Waals surface area contributed by atoms with Crippen molar-refractivity contribution in [3.05, 3.63) is 200 Å². The first-order chi connectivity index (χ1) is 30.2. The van der Waals surface area contributed by atoms with Gasteiger partial charge < -0.3 is 9.13 Å². The fourth-order valence-corrected chi connectivity index (χ4v) is 10.6. The second-order valence-corrected chi connectivity index (χ2v) is 16.7. The van der Waals surface area contributed by atoms with E-state index in [1.54, 1.807) is 0 Å². The maximum Gasteiger partial charge on any atom is 0.166 e. The molecule has 5 nitrogen and oxygen atoms in total. The number of benzene rings is 9. The third-order valence-corrected chi connectivity index (χ3v) is 13.3. The second-order valence-electron chi connectivity index (χ2n) is 15.6. The molecule has 0 aliphatic carbocycles. The summed E-state index contributed by atoms with van der Waals surface area (Å²) in [4.78, 5) is 16.3. The van der Waals surface area contributed by atoms with Gasteiger partial charge in [0, 0.05) is 64.1 Å². The van der Waals surface area contributed by atoms with Crippen LogP contribution in [0.2, 0.25) is 0 Å². The Bertz CT molecular complexity index is 3880. The van der Waals surface area contributed by atoms with Gasteiger partial charge in [-0.1, -0.05) is 140 Å². The molecule has 0 saturated heterocycles. The third-order valence-electron chi connectivity index (χ3n) is 12.1. The molecule has 0 atom stereocenters. The number of rotatable bonds is 5. The van der Waals surface area contributed by atoms with E-state index in [0.717, 1.165) is 60.9 Å². The molecule has 0 spiro atoms. The maximum absolute atomic E-state index is 5.55. The molecule has 13 aromatic rings. The minimum Gasteiger partial charge on any atom is -0.309 e. The zero-order valence-electron chi connectivity index (χ0n) is 32.7. The van der Waals surface area contributed by atoms with Crippen LogP contribution in [0, 0.1) is 0 Å². The Morgan fingerprint density at radius 3 is 1.75 bits per heavy atom. The summed E-state index contributed by atoms with van der Waals surface area (Å²) in [5, 5.41) is 9.47. The summed E-state index contributed by atoms with van der Waals surface area (Å²) < 4.78 is 7.23. The van der Waals surface area contributed by atoms with Crippen molar-refractivity contribution in [2.75, 3.05) is 0 Å². The van der Waals surface area contributed by atoms with E-state index in [4.69, 9.17) is 15.0 Å². The number of thiophene rings is 1. The zero-order valence-corrected chi connectivity index (χ0v) is 33.5. The van der Waals surface area contributed by atoms with Crippen molar-refractivity contribution in [1.82, 2.24) is 24.1 Å². The van der Waals surface area contributed by atoms with Gasteiger partial charge in [-0.2, -0.15) is 0 Å². The first-order valence-electron chi connectivity index (χ1n) is 20.5. The average Bonchev–Trinajstić information content (AvgIpc) is 3.98. The number of hydrogen-bond acceptors (Lipinski definition) is 4. The molecule has 13 rings (SSSR count). The van der Waals surface area contributed by atoms with E-state index >= 15 is 0 Å². The van der Waals surface area contributed by atoms with Gasteiger partial charge in [0.25, 0.3) is 0 Å². The molecule has 0 saturated carbocycles. The Morgan fingerprint density at radius 1 is 0.344 bits per heavy atom. The van der Waals surface area contributed by atoms with Crippen molar-refractivity contribution in [3.63, 3.8) is 0 Å². The maximum atomic E-state index is 5.55. The fourth-order valence-electron chi connectivity index (χ4n) is 9.43. The van der Waals surface area contributed by atoms with Crippen LogP contribution in [0.5, 0.6) is 0 Å². The normalized spacial score (nSPS) is 11.9. The predicted molar refractivity (Wildman–Crippen MR) is 255 cm³/mol. The molecule has 0 aliphatic heterocycles. The number of para-hydroxylation sites is 3. The molecule has 0 aliphatic rings. The van der Waals surface area contributed by atoms with Crippen molar-refractivity contribution in [3.8, 4) is 45.5 Å². The Hall–Kier alpha value is -7.93. The minimum absolute atomic E-state index is 0.617. The molecule has 4 aromatic heterocycles. The van der Waals surface area contributed by atoms with E-state index in [-0.39, 0.29) is 0 Å². The summed E-state index contributed by atoms with van der Waals surface area (Å²) in [6, 6.07) is 71.4. The van der Waals surface area contributed by atoms with Gasteiger partial charge in [0.2, 0.25) is 0 Å². The molecule has 0 N–H and O–H groups in total. The van der Waals surface area contributed by atoms with Gasteiger partial charge in [0.05, 0.1) is 27.8 Å². The topological polar surface area (TPSA) is 48.5 Å². The van der Waals surface area contributed by atoms with E-state index in [9.17, 15) is 0 Å². The second kappa shape index (κ2) is 13.3. The Morgan fingerprint density at radius 2 is 0.951 bits per heavy atom. The molecule has 61 heavy (non-hydrogen) atoms. The minimum atomic E-state index is 0.617. The molecule has 9 aromatic carbocycles. The van der Waals surface area contributed by atoms with Crippen LogP contribution in [0.25, 0.3) is 120 Å². The van der Waals surface area contributed by atoms with Gasteiger partial charge in [0.15, 0.2) is 17.5 Å². The molecule has 0 bridgehead atoms. The summed E-state index contributed by atoms with van der Waals surface area (Å²) in [7, 11) is 0. The number of fused-ring (bicyclic) bond motifs is 10. The Kier molecular flexibility index (Phi) is 7.41.